The number of thiophene rings is 1. The van der Waals surface area contributed by atoms with Gasteiger partial charge < -0.3 is 20.1 Å². The maximum Gasteiger partial charge on any atom is 0.191 e. The first-order chi connectivity index (χ1) is 14.3. The number of fused-ring (bicyclic) bond motifs is 1. The molecule has 2 aliphatic rings. The zero-order valence-electron chi connectivity index (χ0n) is 17.0. The van der Waals surface area contributed by atoms with Gasteiger partial charge in [0, 0.05) is 25.0 Å². The zero-order valence-corrected chi connectivity index (χ0v) is 17.8. The highest BCUT2D eigenvalue weighted by molar-refractivity contribution is 7.10. The largest absolute Gasteiger partial charge is 0.486 e. The predicted molar refractivity (Wildman–Crippen MR) is 118 cm³/mol. The van der Waals surface area contributed by atoms with E-state index in [-0.39, 0.29) is 0 Å². The van der Waals surface area contributed by atoms with Gasteiger partial charge in [-0.25, -0.2) is 0 Å². The van der Waals surface area contributed by atoms with Gasteiger partial charge in [0.1, 0.15) is 13.2 Å². The summed E-state index contributed by atoms with van der Waals surface area (Å²) in [5.41, 5.74) is 1.23. The van der Waals surface area contributed by atoms with E-state index in [1.807, 2.05) is 24.5 Å². The van der Waals surface area contributed by atoms with Gasteiger partial charge in [0.25, 0.3) is 0 Å². The van der Waals surface area contributed by atoms with Crippen molar-refractivity contribution in [1.29, 1.82) is 0 Å². The summed E-state index contributed by atoms with van der Waals surface area (Å²) >= 11 is 1.84. The average molecular weight is 415 g/mol. The molecule has 6 nitrogen and oxygen atoms in total. The monoisotopic (exact) mass is 414 g/mol. The number of likely N-dealkylation sites (tertiary alicyclic amines) is 1. The molecule has 1 aromatic carbocycles. The summed E-state index contributed by atoms with van der Waals surface area (Å²) in [5, 5.41) is 9.14. The molecule has 0 radical (unpaired) electrons. The molecule has 1 saturated heterocycles. The van der Waals surface area contributed by atoms with Crippen LogP contribution in [0.15, 0.2) is 40.7 Å². The molecule has 0 amide bonds. The quantitative estimate of drug-likeness (QED) is 0.539. The van der Waals surface area contributed by atoms with Crippen molar-refractivity contribution < 1.29 is 9.47 Å². The Hall–Kier alpha value is -2.25. The topological polar surface area (TPSA) is 58.1 Å². The van der Waals surface area contributed by atoms with Crippen LogP contribution in [0.3, 0.4) is 0 Å². The lowest BCUT2D eigenvalue weighted by molar-refractivity contribution is 0.171. The summed E-state index contributed by atoms with van der Waals surface area (Å²) in [6.07, 6.45) is 3.49. The minimum atomic E-state index is 0.411. The first-order valence-corrected chi connectivity index (χ1v) is 11.3. The standard InChI is InChI=1S/C22H30N4O2S/c1-23-22(24-9-8-17-6-7-19-20(15-17)28-13-12-27-19)25-16-18(21-5-4-14-29-21)26-10-2-3-11-26/h4-7,14-15,18H,2-3,8-13,16H2,1H3,(H2,23,24,25). The normalized spacial score (nSPS) is 17.9. The van der Waals surface area contributed by atoms with Crippen LogP contribution in [-0.4, -0.2) is 57.3 Å². The van der Waals surface area contributed by atoms with Gasteiger partial charge in [0.2, 0.25) is 0 Å². The number of hydrogen-bond donors (Lipinski definition) is 2. The molecule has 0 aliphatic carbocycles. The van der Waals surface area contributed by atoms with Gasteiger partial charge in [-0.05, 0) is 61.5 Å². The molecule has 2 aliphatic heterocycles. The summed E-state index contributed by atoms with van der Waals surface area (Å²) in [6, 6.07) is 11.0. The van der Waals surface area contributed by atoms with E-state index in [2.05, 4.69) is 50.2 Å². The Morgan fingerprint density at radius 1 is 1.14 bits per heavy atom. The number of nitrogens with one attached hydrogen (secondary N) is 2. The molecule has 1 atom stereocenters. The highest BCUT2D eigenvalue weighted by Crippen LogP contribution is 2.31. The van der Waals surface area contributed by atoms with Crippen LogP contribution in [0.1, 0.15) is 29.3 Å². The Kier molecular flexibility index (Phi) is 6.90. The Morgan fingerprint density at radius 3 is 2.72 bits per heavy atom. The van der Waals surface area contributed by atoms with Crippen LogP contribution in [0.25, 0.3) is 0 Å². The maximum atomic E-state index is 5.68. The molecule has 2 aromatic rings. The van der Waals surface area contributed by atoms with E-state index in [9.17, 15) is 0 Å². The SMILES string of the molecule is CN=C(NCCc1ccc2c(c1)OCCO2)NCC(c1cccs1)N1CCCC1. The minimum absolute atomic E-state index is 0.411. The van der Waals surface area contributed by atoms with Crippen LogP contribution in [0.5, 0.6) is 11.5 Å². The second-order valence-corrected chi connectivity index (χ2v) is 8.36. The first-order valence-electron chi connectivity index (χ1n) is 10.4. The van der Waals surface area contributed by atoms with Crippen molar-refractivity contribution in [2.45, 2.75) is 25.3 Å². The lowest BCUT2D eigenvalue weighted by atomic mass is 10.1. The minimum Gasteiger partial charge on any atom is -0.486 e. The number of aliphatic imine (C=N–C) groups is 1. The van der Waals surface area contributed by atoms with Crippen LogP contribution in [-0.2, 0) is 6.42 Å². The van der Waals surface area contributed by atoms with E-state index < -0.39 is 0 Å². The van der Waals surface area contributed by atoms with Gasteiger partial charge in [-0.15, -0.1) is 11.3 Å². The van der Waals surface area contributed by atoms with Gasteiger partial charge >= 0.3 is 0 Å². The Morgan fingerprint density at radius 2 is 1.97 bits per heavy atom. The average Bonchev–Trinajstić information content (AvgIpc) is 3.47. The van der Waals surface area contributed by atoms with Gasteiger partial charge in [-0.1, -0.05) is 12.1 Å². The highest BCUT2D eigenvalue weighted by Gasteiger charge is 2.24. The Labute approximate surface area is 176 Å². The predicted octanol–water partition coefficient (Wildman–Crippen LogP) is 3.06. The molecule has 1 unspecified atom stereocenters. The molecule has 0 spiro atoms. The summed E-state index contributed by atoms with van der Waals surface area (Å²) in [7, 11) is 1.83. The molecule has 156 valence electrons. The van der Waals surface area contributed by atoms with Crippen LogP contribution < -0.4 is 20.1 Å². The van der Waals surface area contributed by atoms with E-state index in [0.29, 0.717) is 19.3 Å². The molecular formula is C22H30N4O2S. The van der Waals surface area contributed by atoms with Crippen LogP contribution in [0, 0.1) is 0 Å². The van der Waals surface area contributed by atoms with Crippen molar-refractivity contribution >= 4 is 17.3 Å². The number of nitrogens with zero attached hydrogens (tertiary/aromatic N) is 2. The van der Waals surface area contributed by atoms with Crippen molar-refractivity contribution in [2.75, 3.05) is 46.4 Å². The summed E-state index contributed by atoms with van der Waals surface area (Å²) in [5.74, 6) is 2.54. The van der Waals surface area contributed by atoms with Gasteiger partial charge in [-0.2, -0.15) is 0 Å². The highest BCUT2D eigenvalue weighted by atomic mass is 32.1. The number of benzene rings is 1. The van der Waals surface area contributed by atoms with E-state index in [1.165, 1.54) is 36.4 Å². The fourth-order valence-corrected chi connectivity index (χ4v) is 4.79. The molecule has 4 rings (SSSR count). The Bertz CT molecular complexity index is 803. The van der Waals surface area contributed by atoms with Gasteiger partial charge in [0.05, 0.1) is 6.04 Å². The number of guanidine groups is 1. The molecule has 29 heavy (non-hydrogen) atoms. The maximum absolute atomic E-state index is 5.68. The Balaban J connectivity index is 1.28. The fraction of sp³-hybridized carbons (Fsp3) is 0.500. The second kappa shape index (κ2) is 9.98. The van der Waals surface area contributed by atoms with Crippen LogP contribution in [0.2, 0.25) is 0 Å². The molecular weight excluding hydrogens is 384 g/mol. The first kappa shape index (κ1) is 20.0. The molecule has 3 heterocycles. The fourth-order valence-electron chi connectivity index (χ4n) is 3.93. The number of hydrogen-bond acceptors (Lipinski definition) is 5. The molecule has 0 saturated carbocycles. The van der Waals surface area contributed by atoms with E-state index >= 15 is 0 Å². The smallest absolute Gasteiger partial charge is 0.191 e. The lowest BCUT2D eigenvalue weighted by Gasteiger charge is -2.27. The third kappa shape index (κ3) is 5.22. The van der Waals surface area contributed by atoms with Crippen LogP contribution >= 0.6 is 11.3 Å². The third-order valence-electron chi connectivity index (χ3n) is 5.45. The molecule has 2 N–H and O–H groups in total. The lowest BCUT2D eigenvalue weighted by Crippen LogP contribution is -2.43. The number of rotatable bonds is 7. The van der Waals surface area contributed by atoms with E-state index in [0.717, 1.165) is 37.0 Å². The van der Waals surface area contributed by atoms with Crippen LogP contribution in [0.4, 0.5) is 0 Å². The van der Waals surface area contributed by atoms with E-state index in [1.54, 1.807) is 0 Å². The van der Waals surface area contributed by atoms with Gasteiger partial charge in [-0.3, -0.25) is 9.89 Å². The van der Waals surface area contributed by atoms with Gasteiger partial charge in [0.15, 0.2) is 17.5 Å². The zero-order chi connectivity index (χ0) is 19.9. The molecule has 0 bridgehead atoms. The van der Waals surface area contributed by atoms with Crippen molar-refractivity contribution in [3.63, 3.8) is 0 Å². The van der Waals surface area contributed by atoms with Crippen molar-refractivity contribution in [1.82, 2.24) is 15.5 Å². The number of ether oxygens (including phenoxy) is 2. The van der Waals surface area contributed by atoms with Crippen molar-refractivity contribution in [3.8, 4) is 11.5 Å². The summed E-state index contributed by atoms with van der Waals surface area (Å²) in [4.78, 5) is 8.41. The third-order valence-corrected chi connectivity index (χ3v) is 6.43. The molecule has 7 heteroatoms. The summed E-state index contributed by atoms with van der Waals surface area (Å²) < 4.78 is 11.3. The van der Waals surface area contributed by atoms with E-state index in [4.69, 9.17) is 9.47 Å². The molecule has 1 aromatic heterocycles. The van der Waals surface area contributed by atoms with Crippen molar-refractivity contribution in [3.05, 3.63) is 46.2 Å². The van der Waals surface area contributed by atoms with Crippen molar-refractivity contribution in [2.24, 2.45) is 4.99 Å². The second-order valence-electron chi connectivity index (χ2n) is 7.38. The summed E-state index contributed by atoms with van der Waals surface area (Å²) in [6.45, 7) is 5.28. The molecule has 1 fully saturated rings.